The molecule has 2 aromatic rings. The van der Waals surface area contributed by atoms with Gasteiger partial charge in [0.2, 0.25) is 11.8 Å². The van der Waals surface area contributed by atoms with E-state index in [0.717, 1.165) is 10.0 Å². The van der Waals surface area contributed by atoms with E-state index in [2.05, 4.69) is 36.8 Å². The summed E-state index contributed by atoms with van der Waals surface area (Å²) < 4.78 is 0.927. The van der Waals surface area contributed by atoms with E-state index < -0.39 is 5.25 Å². The van der Waals surface area contributed by atoms with E-state index in [1.165, 1.54) is 11.8 Å². The highest BCUT2D eigenvalue weighted by Gasteiger charge is 2.32. The highest BCUT2D eigenvalue weighted by atomic mass is 79.9. The number of amidine groups is 1. The van der Waals surface area contributed by atoms with E-state index in [1.807, 2.05) is 48.5 Å². The molecule has 1 atom stereocenters. The van der Waals surface area contributed by atoms with Gasteiger partial charge in [0.1, 0.15) is 5.25 Å². The van der Waals surface area contributed by atoms with Gasteiger partial charge < -0.3 is 10.6 Å². The second-order valence-electron chi connectivity index (χ2n) is 5.79. The molecule has 0 aliphatic carbocycles. The van der Waals surface area contributed by atoms with Crippen LogP contribution in [-0.2, 0) is 9.59 Å². The lowest BCUT2D eigenvalue weighted by Crippen LogP contribution is -2.28. The Balaban J connectivity index is 1.49. The highest BCUT2D eigenvalue weighted by molar-refractivity contribution is 9.10. The molecular weight excluding hydrogens is 440 g/mol. The minimum atomic E-state index is -0.524. The fraction of sp³-hybridized carbons (Fsp3) is 0.100. The summed E-state index contributed by atoms with van der Waals surface area (Å²) in [4.78, 5) is 24.2. The number of nitrogens with zero attached hydrogens (tertiary/aromatic N) is 2. The predicted octanol–water partition coefficient (Wildman–Crippen LogP) is 4.06. The fourth-order valence-electron chi connectivity index (χ4n) is 2.34. The molecule has 2 amide bonds. The Bertz CT molecular complexity index is 927. The average Bonchev–Trinajstić information content (AvgIpc) is 3.03. The van der Waals surface area contributed by atoms with Gasteiger partial charge in [0.25, 0.3) is 0 Å². The normalized spacial score (nSPS) is 18.1. The molecule has 1 aliphatic rings. The van der Waals surface area contributed by atoms with E-state index in [-0.39, 0.29) is 18.2 Å². The maximum absolute atomic E-state index is 12.1. The van der Waals surface area contributed by atoms with E-state index in [9.17, 15) is 9.59 Å². The van der Waals surface area contributed by atoms with Crippen LogP contribution in [0.3, 0.4) is 0 Å². The van der Waals surface area contributed by atoms with Crippen molar-refractivity contribution in [2.24, 2.45) is 10.2 Å². The molecule has 8 heteroatoms. The van der Waals surface area contributed by atoms with Gasteiger partial charge in [0.05, 0.1) is 0 Å². The Labute approximate surface area is 175 Å². The third-order valence-electron chi connectivity index (χ3n) is 3.66. The topological polar surface area (TPSA) is 82.9 Å². The number of benzene rings is 2. The van der Waals surface area contributed by atoms with Crippen LogP contribution in [0.2, 0.25) is 0 Å². The monoisotopic (exact) mass is 456 g/mol. The van der Waals surface area contributed by atoms with Gasteiger partial charge in [-0.3, -0.25) is 9.59 Å². The number of carbonyl (C=O) groups is 2. The standard InChI is InChI=1S/C20H17BrN4O2S/c21-15-8-10-16(11-9-15)23-18(26)13-17-19(27)24-20(28-17)25-22-12-4-7-14-5-2-1-3-6-14/h1-12,17H,13H2,(H,23,26)(H,24,25,27)/b7-4+,22-12-/t17-/m0/s1. The molecule has 0 spiro atoms. The molecule has 28 heavy (non-hydrogen) atoms. The van der Waals surface area contributed by atoms with Crippen molar-refractivity contribution in [2.75, 3.05) is 5.32 Å². The van der Waals surface area contributed by atoms with Crippen molar-refractivity contribution in [1.29, 1.82) is 0 Å². The molecule has 142 valence electrons. The number of amides is 2. The van der Waals surface area contributed by atoms with Crippen molar-refractivity contribution in [3.63, 3.8) is 0 Å². The molecule has 6 nitrogen and oxygen atoms in total. The summed E-state index contributed by atoms with van der Waals surface area (Å²) in [5, 5.41) is 13.2. The summed E-state index contributed by atoms with van der Waals surface area (Å²) in [5.74, 6) is -0.477. The number of hydrogen-bond donors (Lipinski definition) is 2. The molecule has 2 N–H and O–H groups in total. The molecule has 0 bridgehead atoms. The van der Waals surface area contributed by atoms with Crippen LogP contribution in [0, 0.1) is 0 Å². The van der Waals surface area contributed by atoms with Crippen LogP contribution in [0.15, 0.2) is 75.3 Å². The summed E-state index contributed by atoms with van der Waals surface area (Å²) >= 11 is 4.54. The molecule has 1 saturated heterocycles. The minimum absolute atomic E-state index is 0.0587. The van der Waals surface area contributed by atoms with Crippen LogP contribution in [0.25, 0.3) is 6.08 Å². The van der Waals surface area contributed by atoms with Gasteiger partial charge >= 0.3 is 0 Å². The summed E-state index contributed by atoms with van der Waals surface area (Å²) in [6.45, 7) is 0. The largest absolute Gasteiger partial charge is 0.326 e. The number of hydrogen-bond acceptors (Lipinski definition) is 5. The van der Waals surface area contributed by atoms with E-state index in [4.69, 9.17) is 0 Å². The third-order valence-corrected chi connectivity index (χ3v) is 5.27. The Morgan fingerprint density at radius 2 is 1.93 bits per heavy atom. The highest BCUT2D eigenvalue weighted by Crippen LogP contribution is 2.23. The quantitative estimate of drug-likeness (QED) is 0.507. The van der Waals surface area contributed by atoms with Gasteiger partial charge in [-0.15, -0.1) is 5.10 Å². The van der Waals surface area contributed by atoms with Crippen molar-refractivity contribution >= 4 is 62.7 Å². The first kappa shape index (κ1) is 20.0. The number of carbonyl (C=O) groups excluding carboxylic acids is 2. The smallest absolute Gasteiger partial charge is 0.240 e. The Morgan fingerprint density at radius 3 is 2.68 bits per heavy atom. The number of anilines is 1. The van der Waals surface area contributed by atoms with E-state index >= 15 is 0 Å². The summed E-state index contributed by atoms with van der Waals surface area (Å²) in [6.07, 6.45) is 5.27. The molecule has 2 aromatic carbocycles. The van der Waals surface area contributed by atoms with Gasteiger partial charge in [-0.25, -0.2) is 0 Å². The molecule has 0 radical (unpaired) electrons. The molecule has 1 fully saturated rings. The van der Waals surface area contributed by atoms with Crippen molar-refractivity contribution in [2.45, 2.75) is 11.7 Å². The fourth-order valence-corrected chi connectivity index (χ4v) is 3.53. The number of thioether (sulfide) groups is 1. The zero-order valence-corrected chi connectivity index (χ0v) is 17.1. The molecule has 0 aromatic heterocycles. The zero-order valence-electron chi connectivity index (χ0n) is 14.7. The minimum Gasteiger partial charge on any atom is -0.326 e. The summed E-state index contributed by atoms with van der Waals surface area (Å²) in [7, 11) is 0. The predicted molar refractivity (Wildman–Crippen MR) is 118 cm³/mol. The van der Waals surface area contributed by atoms with Crippen molar-refractivity contribution in [3.05, 3.63) is 70.7 Å². The molecular formula is C20H17BrN4O2S. The van der Waals surface area contributed by atoms with Gasteiger partial charge in [-0.2, -0.15) is 5.10 Å². The van der Waals surface area contributed by atoms with E-state index in [1.54, 1.807) is 24.4 Å². The number of allylic oxidation sites excluding steroid dienone is 1. The Morgan fingerprint density at radius 1 is 1.18 bits per heavy atom. The van der Waals surface area contributed by atoms with Crippen LogP contribution in [-0.4, -0.2) is 28.4 Å². The zero-order chi connectivity index (χ0) is 19.8. The van der Waals surface area contributed by atoms with E-state index in [0.29, 0.717) is 10.9 Å². The van der Waals surface area contributed by atoms with Crippen LogP contribution in [0.1, 0.15) is 12.0 Å². The Hall–Kier alpha value is -2.71. The molecule has 0 unspecified atom stereocenters. The van der Waals surface area contributed by atoms with Crippen molar-refractivity contribution in [3.8, 4) is 0 Å². The molecule has 1 heterocycles. The lowest BCUT2D eigenvalue weighted by Gasteiger charge is -2.07. The van der Waals surface area contributed by atoms with Crippen molar-refractivity contribution in [1.82, 2.24) is 5.32 Å². The second kappa shape index (κ2) is 10.0. The van der Waals surface area contributed by atoms with Crippen LogP contribution < -0.4 is 10.6 Å². The van der Waals surface area contributed by atoms with Gasteiger partial charge in [0.15, 0.2) is 5.17 Å². The summed E-state index contributed by atoms with van der Waals surface area (Å²) in [5.41, 5.74) is 1.74. The van der Waals surface area contributed by atoms with Crippen LogP contribution in [0.5, 0.6) is 0 Å². The number of nitrogens with one attached hydrogen (secondary N) is 2. The Kier molecular flexibility index (Phi) is 7.16. The van der Waals surface area contributed by atoms with Gasteiger partial charge in [-0.1, -0.05) is 64.1 Å². The first-order valence-electron chi connectivity index (χ1n) is 8.46. The third kappa shape index (κ3) is 6.17. The number of halogens is 1. The average molecular weight is 457 g/mol. The lowest BCUT2D eigenvalue weighted by atomic mass is 10.2. The SMILES string of the molecule is O=C(C[C@@H]1S\C(=N/N=C\C=C\c2ccccc2)NC1=O)Nc1ccc(Br)cc1. The molecule has 0 saturated carbocycles. The first-order chi connectivity index (χ1) is 13.6. The van der Waals surface area contributed by atoms with Gasteiger partial charge in [-0.05, 0) is 35.9 Å². The molecule has 3 rings (SSSR count). The number of rotatable bonds is 6. The van der Waals surface area contributed by atoms with Crippen LogP contribution >= 0.6 is 27.7 Å². The van der Waals surface area contributed by atoms with Gasteiger partial charge in [0, 0.05) is 22.8 Å². The second-order valence-corrected chi connectivity index (χ2v) is 7.90. The lowest BCUT2D eigenvalue weighted by molar-refractivity contribution is -0.122. The molecule has 1 aliphatic heterocycles. The maximum Gasteiger partial charge on any atom is 0.240 e. The summed E-state index contributed by atoms with van der Waals surface area (Å²) in [6, 6.07) is 17.1. The maximum atomic E-state index is 12.1. The van der Waals surface area contributed by atoms with Crippen molar-refractivity contribution < 1.29 is 9.59 Å². The van der Waals surface area contributed by atoms with Crippen LogP contribution in [0.4, 0.5) is 5.69 Å². The first-order valence-corrected chi connectivity index (χ1v) is 10.1.